The minimum absolute atomic E-state index is 0.0733. The van der Waals surface area contributed by atoms with Crippen LogP contribution in [0.2, 0.25) is 0 Å². The average Bonchev–Trinajstić information content (AvgIpc) is 2.49. The summed E-state index contributed by atoms with van der Waals surface area (Å²) in [5.41, 5.74) is 0.922. The number of likely N-dealkylation sites (N-methyl/N-ethyl adjacent to an activating group) is 1. The largest absolute Gasteiger partial charge is 0.346 e. The molecule has 2 amide bonds. The van der Waals surface area contributed by atoms with Crippen molar-refractivity contribution < 1.29 is 9.59 Å². The van der Waals surface area contributed by atoms with Gasteiger partial charge in [0.1, 0.15) is 5.92 Å². The number of benzene rings is 1. The summed E-state index contributed by atoms with van der Waals surface area (Å²) in [6, 6.07) is 11.3. The lowest BCUT2D eigenvalue weighted by Crippen LogP contribution is -2.40. The van der Waals surface area contributed by atoms with Crippen molar-refractivity contribution in [3.05, 3.63) is 35.9 Å². The Labute approximate surface area is 119 Å². The molecule has 0 aromatic heterocycles. The van der Waals surface area contributed by atoms with Crippen LogP contribution in [0.1, 0.15) is 12.5 Å². The second-order valence-electron chi connectivity index (χ2n) is 4.50. The molecule has 1 rings (SSSR count). The van der Waals surface area contributed by atoms with Crippen molar-refractivity contribution in [1.82, 2.24) is 10.2 Å². The van der Waals surface area contributed by atoms with Crippen molar-refractivity contribution in [2.75, 3.05) is 20.1 Å². The summed E-state index contributed by atoms with van der Waals surface area (Å²) in [7, 11) is 1.67. The van der Waals surface area contributed by atoms with Gasteiger partial charge in [0.25, 0.3) is 0 Å². The fourth-order valence-electron chi connectivity index (χ4n) is 1.64. The van der Waals surface area contributed by atoms with Gasteiger partial charge in [0.05, 0.1) is 12.6 Å². The number of carbonyl (C=O) groups excluding carboxylic acids is 2. The molecule has 0 saturated carbocycles. The van der Waals surface area contributed by atoms with Gasteiger partial charge in [0.2, 0.25) is 11.8 Å². The normalized spacial score (nSPS) is 11.2. The van der Waals surface area contributed by atoms with Gasteiger partial charge in [-0.15, -0.1) is 0 Å². The van der Waals surface area contributed by atoms with E-state index in [2.05, 4.69) is 5.32 Å². The molecular formula is C15H19N3O2. The lowest BCUT2D eigenvalue weighted by molar-refractivity contribution is -0.132. The van der Waals surface area contributed by atoms with Crippen LogP contribution in [0.4, 0.5) is 0 Å². The number of carbonyl (C=O) groups is 2. The van der Waals surface area contributed by atoms with Gasteiger partial charge in [0.15, 0.2) is 0 Å². The molecule has 5 nitrogen and oxygen atoms in total. The second kappa shape index (κ2) is 7.95. The third kappa shape index (κ3) is 4.73. The Morgan fingerprint density at radius 2 is 2.00 bits per heavy atom. The Balaban J connectivity index is 2.52. The van der Waals surface area contributed by atoms with Crippen LogP contribution in [-0.2, 0) is 16.0 Å². The van der Waals surface area contributed by atoms with Gasteiger partial charge in [-0.2, -0.15) is 5.26 Å². The summed E-state index contributed by atoms with van der Waals surface area (Å²) in [4.78, 5) is 25.0. The molecule has 0 aliphatic heterocycles. The molecule has 1 aromatic carbocycles. The number of rotatable bonds is 6. The maximum absolute atomic E-state index is 11.9. The molecule has 1 N–H and O–H groups in total. The van der Waals surface area contributed by atoms with Gasteiger partial charge in [-0.3, -0.25) is 9.59 Å². The van der Waals surface area contributed by atoms with E-state index in [0.29, 0.717) is 13.0 Å². The van der Waals surface area contributed by atoms with Crippen molar-refractivity contribution in [2.45, 2.75) is 13.3 Å². The molecule has 0 aliphatic rings. The topological polar surface area (TPSA) is 73.2 Å². The highest BCUT2D eigenvalue weighted by Gasteiger charge is 2.19. The molecule has 0 saturated heterocycles. The Kier molecular flexibility index (Phi) is 6.24. The molecule has 0 spiro atoms. The quantitative estimate of drug-likeness (QED) is 0.839. The Morgan fingerprint density at radius 3 is 2.55 bits per heavy atom. The van der Waals surface area contributed by atoms with Crippen molar-refractivity contribution in [3.63, 3.8) is 0 Å². The highest BCUT2D eigenvalue weighted by atomic mass is 16.2. The van der Waals surface area contributed by atoms with Crippen LogP contribution in [0.25, 0.3) is 0 Å². The molecule has 0 bridgehead atoms. The SMILES string of the molecule is CCN(C)C(=O)CNC(=O)C(C#N)Cc1ccccc1. The second-order valence-corrected chi connectivity index (χ2v) is 4.50. The highest BCUT2D eigenvalue weighted by Crippen LogP contribution is 2.08. The molecule has 5 heteroatoms. The average molecular weight is 273 g/mol. The van der Waals surface area contributed by atoms with Gasteiger partial charge < -0.3 is 10.2 Å². The van der Waals surface area contributed by atoms with E-state index in [1.54, 1.807) is 7.05 Å². The predicted octanol–water partition coefficient (Wildman–Crippen LogP) is 0.963. The Bertz CT molecular complexity index is 494. The first-order valence-electron chi connectivity index (χ1n) is 6.53. The molecule has 106 valence electrons. The van der Waals surface area contributed by atoms with Gasteiger partial charge >= 0.3 is 0 Å². The number of hydrogen-bond donors (Lipinski definition) is 1. The van der Waals surface area contributed by atoms with Crippen molar-refractivity contribution in [1.29, 1.82) is 5.26 Å². The van der Waals surface area contributed by atoms with Gasteiger partial charge in [-0.1, -0.05) is 30.3 Å². The highest BCUT2D eigenvalue weighted by molar-refractivity contribution is 5.87. The van der Waals surface area contributed by atoms with E-state index in [4.69, 9.17) is 5.26 Å². The van der Waals surface area contributed by atoms with E-state index in [9.17, 15) is 9.59 Å². The molecule has 1 atom stereocenters. The third-order valence-electron chi connectivity index (χ3n) is 3.07. The van der Waals surface area contributed by atoms with Crippen LogP contribution in [-0.4, -0.2) is 36.9 Å². The van der Waals surface area contributed by atoms with E-state index < -0.39 is 11.8 Å². The van der Waals surface area contributed by atoms with E-state index in [1.807, 2.05) is 43.3 Å². The first-order chi connectivity index (χ1) is 9.58. The zero-order valence-corrected chi connectivity index (χ0v) is 11.8. The maximum atomic E-state index is 11.9. The van der Waals surface area contributed by atoms with Crippen LogP contribution < -0.4 is 5.32 Å². The van der Waals surface area contributed by atoms with Crippen LogP contribution in [0.15, 0.2) is 30.3 Å². The predicted molar refractivity (Wildman–Crippen MR) is 75.6 cm³/mol. The summed E-state index contributed by atoms with van der Waals surface area (Å²) >= 11 is 0. The summed E-state index contributed by atoms with van der Waals surface area (Å²) in [5, 5.41) is 11.6. The number of amides is 2. The monoisotopic (exact) mass is 273 g/mol. The number of nitrogens with zero attached hydrogens (tertiary/aromatic N) is 2. The van der Waals surface area contributed by atoms with Gasteiger partial charge in [-0.25, -0.2) is 0 Å². The number of nitriles is 1. The fourth-order valence-corrected chi connectivity index (χ4v) is 1.64. The lowest BCUT2D eigenvalue weighted by Gasteiger charge is -2.15. The number of nitrogens with one attached hydrogen (secondary N) is 1. The third-order valence-corrected chi connectivity index (χ3v) is 3.07. The molecule has 0 fully saturated rings. The molecule has 0 aliphatic carbocycles. The summed E-state index contributed by atoms with van der Waals surface area (Å²) in [5.74, 6) is -1.36. The molecule has 1 unspecified atom stereocenters. The summed E-state index contributed by atoms with van der Waals surface area (Å²) in [6.45, 7) is 2.36. The van der Waals surface area contributed by atoms with Crippen molar-refractivity contribution in [3.8, 4) is 6.07 Å². The standard InChI is InChI=1S/C15H19N3O2/c1-3-18(2)14(19)11-17-15(20)13(10-16)9-12-7-5-4-6-8-12/h4-8,13H,3,9,11H2,1-2H3,(H,17,20). The van der Waals surface area contributed by atoms with E-state index in [0.717, 1.165) is 5.56 Å². The molecule has 1 aromatic rings. The minimum Gasteiger partial charge on any atom is -0.346 e. The zero-order chi connectivity index (χ0) is 15.0. The van der Waals surface area contributed by atoms with Gasteiger partial charge in [0, 0.05) is 13.6 Å². The number of hydrogen-bond acceptors (Lipinski definition) is 3. The van der Waals surface area contributed by atoms with E-state index >= 15 is 0 Å². The van der Waals surface area contributed by atoms with Crippen LogP contribution >= 0.6 is 0 Å². The van der Waals surface area contributed by atoms with Crippen LogP contribution in [0.3, 0.4) is 0 Å². The van der Waals surface area contributed by atoms with Crippen molar-refractivity contribution in [2.24, 2.45) is 5.92 Å². The smallest absolute Gasteiger partial charge is 0.241 e. The lowest BCUT2D eigenvalue weighted by atomic mass is 10.00. The van der Waals surface area contributed by atoms with Crippen LogP contribution in [0, 0.1) is 17.2 Å². The summed E-state index contributed by atoms with van der Waals surface area (Å²) < 4.78 is 0. The zero-order valence-electron chi connectivity index (χ0n) is 11.8. The van der Waals surface area contributed by atoms with E-state index in [1.165, 1.54) is 4.90 Å². The molecule has 0 radical (unpaired) electrons. The maximum Gasteiger partial charge on any atom is 0.241 e. The van der Waals surface area contributed by atoms with E-state index in [-0.39, 0.29) is 12.5 Å². The fraction of sp³-hybridized carbons (Fsp3) is 0.400. The first-order valence-corrected chi connectivity index (χ1v) is 6.53. The minimum atomic E-state index is -0.780. The van der Waals surface area contributed by atoms with Crippen molar-refractivity contribution >= 4 is 11.8 Å². The Hall–Kier alpha value is -2.35. The first kappa shape index (κ1) is 15.7. The summed E-state index contributed by atoms with van der Waals surface area (Å²) in [6.07, 6.45) is 0.348. The van der Waals surface area contributed by atoms with Gasteiger partial charge in [-0.05, 0) is 18.9 Å². The van der Waals surface area contributed by atoms with Crippen LogP contribution in [0.5, 0.6) is 0 Å². The molecule has 0 heterocycles. The molecule has 20 heavy (non-hydrogen) atoms. The Morgan fingerprint density at radius 1 is 1.35 bits per heavy atom. The molecular weight excluding hydrogens is 254 g/mol.